The Balaban J connectivity index is 2.19. The summed E-state index contributed by atoms with van der Waals surface area (Å²) in [6.45, 7) is 2.15. The number of nitrogens with two attached hydrogens (primary N) is 1. The molecule has 236 valence electrons. The Bertz CT molecular complexity index is 1260. The molecule has 0 aliphatic heterocycles. The van der Waals surface area contributed by atoms with Gasteiger partial charge in [-0.3, -0.25) is 28.8 Å². The lowest BCUT2D eigenvalue weighted by Gasteiger charge is -2.24. The minimum atomic E-state index is -1.51. The lowest BCUT2D eigenvalue weighted by atomic mass is 10.0. The first-order valence-electron chi connectivity index (χ1n) is 14.6. The van der Waals surface area contributed by atoms with E-state index in [0.29, 0.717) is 6.42 Å². The smallest absolute Gasteiger partial charge is 0.305 e. The normalized spacial score (nSPS) is 13.0. The minimum absolute atomic E-state index is 0.128. The Morgan fingerprint density at radius 1 is 0.814 bits per heavy atom. The number of nitrogens with one attached hydrogen (secondary N) is 4. The van der Waals surface area contributed by atoms with Crippen molar-refractivity contribution in [3.63, 3.8) is 0 Å². The number of carbonyl (C=O) groups is 6. The highest BCUT2D eigenvalue weighted by atomic mass is 32.1. The summed E-state index contributed by atoms with van der Waals surface area (Å²) < 4.78 is 1.01. The second kappa shape index (κ2) is 18.5. The average molecular weight is 618 g/mol. The first-order chi connectivity index (χ1) is 20.5. The van der Waals surface area contributed by atoms with Crippen LogP contribution in [0.3, 0.4) is 0 Å². The zero-order valence-corrected chi connectivity index (χ0v) is 25.6. The zero-order valence-electron chi connectivity index (χ0n) is 24.8. The van der Waals surface area contributed by atoms with Crippen LogP contribution >= 0.6 is 11.3 Å². The fourth-order valence-corrected chi connectivity index (χ4v) is 5.62. The fourth-order valence-electron chi connectivity index (χ4n) is 4.64. The van der Waals surface area contributed by atoms with Gasteiger partial charge in [-0.2, -0.15) is 0 Å². The minimum Gasteiger partial charge on any atom is -0.481 e. The summed E-state index contributed by atoms with van der Waals surface area (Å²) in [7, 11) is 1.28. The number of amides is 5. The molecule has 0 fully saturated rings. The van der Waals surface area contributed by atoms with Crippen LogP contribution in [0.1, 0.15) is 76.7 Å². The van der Waals surface area contributed by atoms with Crippen LogP contribution in [0.25, 0.3) is 10.1 Å². The van der Waals surface area contributed by atoms with Gasteiger partial charge in [-0.1, -0.05) is 63.6 Å². The molecule has 0 saturated carbocycles. The predicted octanol–water partition coefficient (Wildman–Crippen LogP) is 2.14. The number of hydrogen-bond acceptors (Lipinski definition) is 7. The second-order valence-electron chi connectivity index (χ2n) is 10.5. The van der Waals surface area contributed by atoms with Gasteiger partial charge >= 0.3 is 5.97 Å². The summed E-state index contributed by atoms with van der Waals surface area (Å²) in [6.07, 6.45) is 6.26. The first kappa shape index (κ1) is 35.2. The number of likely N-dealkylation sites (N-methyl/N-ethyl adjacent to an activating group) is 1. The van der Waals surface area contributed by atoms with E-state index in [0.717, 1.165) is 41.3 Å². The van der Waals surface area contributed by atoms with E-state index in [-0.39, 0.29) is 18.7 Å². The number of aliphatic carboxylic acids is 1. The van der Waals surface area contributed by atoms with Gasteiger partial charge in [0.25, 0.3) is 0 Å². The van der Waals surface area contributed by atoms with E-state index in [1.807, 2.05) is 29.6 Å². The number of carboxylic acid groups (broad SMARTS) is 1. The molecular formula is C30H43N5O7S. The van der Waals surface area contributed by atoms with Gasteiger partial charge < -0.3 is 32.1 Å². The number of benzene rings is 1. The molecule has 1 aromatic heterocycles. The number of unbranched alkanes of at least 4 members (excludes halogenated alkanes) is 6. The van der Waals surface area contributed by atoms with E-state index in [1.165, 1.54) is 31.2 Å². The quantitative estimate of drug-likeness (QED) is 0.122. The molecule has 0 spiro atoms. The summed E-state index contributed by atoms with van der Waals surface area (Å²) in [5, 5.41) is 21.8. The van der Waals surface area contributed by atoms with Crippen molar-refractivity contribution in [3.8, 4) is 0 Å². The molecule has 3 atom stereocenters. The number of thiophene rings is 1. The molecule has 12 nitrogen and oxygen atoms in total. The average Bonchev–Trinajstić information content (AvgIpc) is 3.37. The van der Waals surface area contributed by atoms with Crippen molar-refractivity contribution in [2.24, 2.45) is 5.73 Å². The van der Waals surface area contributed by atoms with Gasteiger partial charge in [0.1, 0.15) is 18.1 Å². The Hall–Kier alpha value is -4.00. The maximum Gasteiger partial charge on any atom is 0.305 e. The number of carbonyl (C=O) groups excluding carboxylic acids is 5. The molecule has 0 bridgehead atoms. The highest BCUT2D eigenvalue weighted by Crippen LogP contribution is 2.26. The summed E-state index contributed by atoms with van der Waals surface area (Å²) >= 11 is 1.50. The van der Waals surface area contributed by atoms with Crippen molar-refractivity contribution in [3.05, 3.63) is 35.2 Å². The van der Waals surface area contributed by atoms with Gasteiger partial charge in [-0.25, -0.2) is 0 Å². The summed E-state index contributed by atoms with van der Waals surface area (Å²) in [4.78, 5) is 74.6. The molecule has 43 heavy (non-hydrogen) atoms. The topological polar surface area (TPSA) is 197 Å². The number of primary amides is 1. The molecule has 3 unspecified atom stereocenters. The van der Waals surface area contributed by atoms with Gasteiger partial charge in [0, 0.05) is 24.6 Å². The molecule has 7 N–H and O–H groups in total. The molecule has 0 aliphatic carbocycles. The third-order valence-corrected chi connectivity index (χ3v) is 7.95. The van der Waals surface area contributed by atoms with Crippen LogP contribution in [-0.2, 0) is 35.2 Å². The van der Waals surface area contributed by atoms with Crippen molar-refractivity contribution in [2.45, 2.75) is 95.7 Å². The van der Waals surface area contributed by atoms with Crippen molar-refractivity contribution < 1.29 is 33.9 Å². The molecule has 13 heteroatoms. The number of rotatable bonds is 20. The fraction of sp³-hybridized carbons (Fsp3) is 0.533. The van der Waals surface area contributed by atoms with E-state index in [4.69, 9.17) is 10.8 Å². The summed E-state index contributed by atoms with van der Waals surface area (Å²) in [5.74, 6) is -5.00. The highest BCUT2D eigenvalue weighted by molar-refractivity contribution is 7.17. The van der Waals surface area contributed by atoms with Crippen LogP contribution in [0.4, 0.5) is 0 Å². The van der Waals surface area contributed by atoms with Gasteiger partial charge in [-0.15, -0.1) is 11.3 Å². The van der Waals surface area contributed by atoms with Gasteiger partial charge in [0.05, 0.1) is 12.8 Å². The van der Waals surface area contributed by atoms with Crippen LogP contribution in [0.15, 0.2) is 29.6 Å². The Labute approximate surface area is 255 Å². The van der Waals surface area contributed by atoms with Crippen LogP contribution in [0, 0.1) is 0 Å². The maximum atomic E-state index is 13.5. The van der Waals surface area contributed by atoms with E-state index in [9.17, 15) is 28.8 Å². The SMILES string of the molecule is CCCCCCCCCC(=O)NC(Cc1csc2ccccc12)C(=O)NC(CC(N)=O)C(=O)NC(CC(=O)O)C(=O)NC. The Morgan fingerprint density at radius 2 is 1.42 bits per heavy atom. The van der Waals surface area contributed by atoms with Crippen LogP contribution in [0.2, 0.25) is 0 Å². The molecule has 0 aliphatic rings. The molecule has 2 aromatic rings. The molecule has 2 rings (SSSR count). The van der Waals surface area contributed by atoms with E-state index >= 15 is 0 Å². The van der Waals surface area contributed by atoms with Crippen molar-refractivity contribution >= 4 is 56.9 Å². The van der Waals surface area contributed by atoms with E-state index < -0.39 is 60.6 Å². The number of hydrogen-bond donors (Lipinski definition) is 6. The maximum absolute atomic E-state index is 13.5. The molecule has 1 heterocycles. The predicted molar refractivity (Wildman–Crippen MR) is 164 cm³/mol. The van der Waals surface area contributed by atoms with Crippen LogP contribution in [-0.4, -0.2) is 65.8 Å². The lowest BCUT2D eigenvalue weighted by Crippen LogP contribution is -2.58. The van der Waals surface area contributed by atoms with E-state index in [2.05, 4.69) is 28.2 Å². The van der Waals surface area contributed by atoms with Gasteiger partial charge in [0.15, 0.2) is 0 Å². The molecule has 1 aromatic carbocycles. The third kappa shape index (κ3) is 12.4. The molecule has 0 saturated heterocycles. The van der Waals surface area contributed by atoms with E-state index in [1.54, 1.807) is 0 Å². The summed E-state index contributed by atoms with van der Waals surface area (Å²) in [6, 6.07) is 3.61. The number of carboxylic acids is 1. The molecular weight excluding hydrogens is 574 g/mol. The number of fused-ring (bicyclic) bond motifs is 1. The zero-order chi connectivity index (χ0) is 31.8. The van der Waals surface area contributed by atoms with Crippen molar-refractivity contribution in [1.82, 2.24) is 21.3 Å². The largest absolute Gasteiger partial charge is 0.481 e. The molecule has 0 radical (unpaired) electrons. The van der Waals surface area contributed by atoms with Crippen LogP contribution < -0.4 is 27.0 Å². The van der Waals surface area contributed by atoms with Crippen molar-refractivity contribution in [1.29, 1.82) is 0 Å². The Morgan fingerprint density at radius 3 is 2.05 bits per heavy atom. The third-order valence-electron chi connectivity index (χ3n) is 6.94. The van der Waals surface area contributed by atoms with Gasteiger partial charge in [0.2, 0.25) is 29.5 Å². The first-order valence-corrected chi connectivity index (χ1v) is 15.5. The standard InChI is InChI=1S/C30H43N5O7S/c1-3-4-5-6-7-8-9-14-26(37)33-21(15-19-18-43-24-13-11-10-12-20(19)24)29(41)34-22(16-25(31)36)30(42)35-23(17-27(38)39)28(40)32-2/h10-13,18,21-23H,3-9,14-17H2,1-2H3,(H2,31,36)(H,32,40)(H,33,37)(H,34,41)(H,35,42)(H,38,39). The summed E-state index contributed by atoms with van der Waals surface area (Å²) in [5.41, 5.74) is 6.16. The lowest BCUT2D eigenvalue weighted by molar-refractivity contribution is -0.141. The molecule has 5 amide bonds. The Kier molecular flexibility index (Phi) is 15.2. The van der Waals surface area contributed by atoms with Crippen molar-refractivity contribution in [2.75, 3.05) is 7.05 Å². The van der Waals surface area contributed by atoms with Crippen LogP contribution in [0.5, 0.6) is 0 Å². The van der Waals surface area contributed by atoms with Gasteiger partial charge in [-0.05, 0) is 28.8 Å². The highest BCUT2D eigenvalue weighted by Gasteiger charge is 2.31. The monoisotopic (exact) mass is 617 g/mol. The second-order valence-corrected chi connectivity index (χ2v) is 11.4.